The quantitative estimate of drug-likeness (QED) is 0.445. The van der Waals surface area contributed by atoms with Crippen molar-refractivity contribution in [2.45, 2.75) is 18.9 Å². The number of benzene rings is 2. The van der Waals surface area contributed by atoms with Crippen LogP contribution in [-0.4, -0.2) is 18.7 Å². The first kappa shape index (κ1) is 20.4. The molecule has 3 heterocycles. The van der Waals surface area contributed by atoms with Gasteiger partial charge in [-0.3, -0.25) is 9.36 Å². The summed E-state index contributed by atoms with van der Waals surface area (Å²) in [5.74, 6) is 0. The number of anilines is 1. The Kier molecular flexibility index (Phi) is 4.93. The molecule has 33 heavy (non-hydrogen) atoms. The molecule has 164 valence electrons. The van der Waals surface area contributed by atoms with Crippen molar-refractivity contribution in [2.75, 3.05) is 19.0 Å². The Labute approximate surface area is 200 Å². The maximum Gasteiger partial charge on any atom is 0.271 e. The van der Waals surface area contributed by atoms with Crippen molar-refractivity contribution in [1.82, 2.24) is 4.57 Å². The number of nitrogens with zero attached hydrogens (tertiary/aromatic N) is 3. The normalized spacial score (nSPS) is 17.3. The summed E-state index contributed by atoms with van der Waals surface area (Å²) in [4.78, 5) is 22.8. The van der Waals surface area contributed by atoms with Crippen LogP contribution < -0.4 is 19.8 Å². The van der Waals surface area contributed by atoms with Crippen molar-refractivity contribution in [3.05, 3.63) is 113 Å². The molecule has 1 aliphatic carbocycles. The summed E-state index contributed by atoms with van der Waals surface area (Å²) in [5, 5.41) is 2.09. The fourth-order valence-electron chi connectivity index (χ4n) is 4.74. The Balaban J connectivity index is 1.56. The predicted molar refractivity (Wildman–Crippen MR) is 138 cm³/mol. The topological polar surface area (TPSA) is 37.6 Å². The minimum absolute atomic E-state index is 0.0410. The van der Waals surface area contributed by atoms with Gasteiger partial charge in [0.05, 0.1) is 16.3 Å². The van der Waals surface area contributed by atoms with Crippen molar-refractivity contribution in [1.29, 1.82) is 0 Å². The van der Waals surface area contributed by atoms with Gasteiger partial charge in [-0.15, -0.1) is 11.3 Å². The maximum atomic E-state index is 13.7. The van der Waals surface area contributed by atoms with Crippen LogP contribution in [0.25, 0.3) is 11.8 Å². The molecular formula is C27H23N3OS2. The van der Waals surface area contributed by atoms with Crippen LogP contribution in [0.1, 0.15) is 34.0 Å². The van der Waals surface area contributed by atoms with E-state index in [1.54, 1.807) is 11.3 Å². The van der Waals surface area contributed by atoms with Gasteiger partial charge in [0.15, 0.2) is 4.80 Å². The zero-order valence-electron chi connectivity index (χ0n) is 18.5. The van der Waals surface area contributed by atoms with Crippen molar-refractivity contribution < 1.29 is 0 Å². The van der Waals surface area contributed by atoms with E-state index in [1.807, 2.05) is 24.7 Å². The second-order valence-corrected chi connectivity index (χ2v) is 10.6. The molecule has 0 unspecified atom stereocenters. The molecule has 6 heteroatoms. The van der Waals surface area contributed by atoms with E-state index in [9.17, 15) is 4.79 Å². The molecular weight excluding hydrogens is 446 g/mol. The average molecular weight is 470 g/mol. The molecule has 4 aromatic rings. The Morgan fingerprint density at radius 2 is 1.85 bits per heavy atom. The lowest BCUT2D eigenvalue weighted by atomic mass is 9.85. The lowest BCUT2D eigenvalue weighted by Crippen LogP contribution is -2.38. The van der Waals surface area contributed by atoms with Gasteiger partial charge in [0.1, 0.15) is 0 Å². The first-order valence-electron chi connectivity index (χ1n) is 11.0. The predicted octanol–water partition coefficient (Wildman–Crippen LogP) is 4.45. The average Bonchev–Trinajstić information content (AvgIpc) is 3.47. The van der Waals surface area contributed by atoms with Gasteiger partial charge < -0.3 is 4.90 Å². The lowest BCUT2D eigenvalue weighted by molar-refractivity contribution is 0.593. The van der Waals surface area contributed by atoms with Crippen molar-refractivity contribution in [3.8, 4) is 0 Å². The van der Waals surface area contributed by atoms with Gasteiger partial charge in [0.25, 0.3) is 5.56 Å². The van der Waals surface area contributed by atoms with E-state index >= 15 is 0 Å². The maximum absolute atomic E-state index is 13.7. The smallest absolute Gasteiger partial charge is 0.271 e. The molecule has 2 aromatic heterocycles. The monoisotopic (exact) mass is 469 g/mol. The Morgan fingerprint density at radius 3 is 2.61 bits per heavy atom. The minimum atomic E-state index is -0.0807. The molecule has 0 spiro atoms. The standard InChI is InChI=1S/C27H23N3OS2/c1-29(2)19-12-9-17(10-13-19)16-23-26(31)30-25(22-8-5-15-32-22)21-14-11-18-6-3-4-7-20(18)24(21)28-27(30)33-23/h3-10,12-13,15-16,25H,11,14H2,1-2H3/b23-16-/t25-/m1/s1. The van der Waals surface area contributed by atoms with E-state index in [2.05, 4.69) is 70.9 Å². The number of thiophene rings is 1. The number of thiazole rings is 1. The summed E-state index contributed by atoms with van der Waals surface area (Å²) < 4.78 is 2.64. The second-order valence-electron chi connectivity index (χ2n) is 8.62. The first-order chi connectivity index (χ1) is 16.1. The molecule has 2 aliphatic rings. The minimum Gasteiger partial charge on any atom is -0.378 e. The van der Waals surface area contributed by atoms with Gasteiger partial charge in [-0.05, 0) is 59.2 Å². The van der Waals surface area contributed by atoms with E-state index in [1.165, 1.54) is 32.9 Å². The molecule has 0 fully saturated rings. The van der Waals surface area contributed by atoms with Gasteiger partial charge in [-0.2, -0.15) is 0 Å². The summed E-state index contributed by atoms with van der Waals surface area (Å²) in [7, 11) is 4.05. The Hall–Kier alpha value is -3.22. The largest absolute Gasteiger partial charge is 0.378 e. The Morgan fingerprint density at radius 1 is 1.03 bits per heavy atom. The van der Waals surface area contributed by atoms with E-state index < -0.39 is 0 Å². The number of allylic oxidation sites excluding steroid dienone is 1. The van der Waals surface area contributed by atoms with Crippen molar-refractivity contribution in [3.63, 3.8) is 0 Å². The van der Waals surface area contributed by atoms with Gasteiger partial charge in [0.2, 0.25) is 0 Å². The molecule has 0 bridgehead atoms. The van der Waals surface area contributed by atoms with Crippen LogP contribution in [0.3, 0.4) is 0 Å². The van der Waals surface area contributed by atoms with Crippen LogP contribution in [0.15, 0.2) is 81.4 Å². The number of hydrogen-bond donors (Lipinski definition) is 0. The lowest BCUT2D eigenvalue weighted by Gasteiger charge is -2.30. The van der Waals surface area contributed by atoms with Crippen LogP contribution >= 0.6 is 22.7 Å². The molecule has 1 atom stereocenters. The van der Waals surface area contributed by atoms with Crippen molar-refractivity contribution >= 4 is 40.1 Å². The zero-order chi connectivity index (χ0) is 22.5. The zero-order valence-corrected chi connectivity index (χ0v) is 20.1. The summed E-state index contributed by atoms with van der Waals surface area (Å²) in [6.45, 7) is 0. The molecule has 0 radical (unpaired) electrons. The summed E-state index contributed by atoms with van der Waals surface area (Å²) in [5.41, 5.74) is 7.05. The van der Waals surface area contributed by atoms with Gasteiger partial charge in [-0.25, -0.2) is 4.99 Å². The number of aryl methyl sites for hydroxylation is 1. The highest BCUT2D eigenvalue weighted by Crippen LogP contribution is 2.42. The fourth-order valence-corrected chi connectivity index (χ4v) is 6.59. The first-order valence-corrected chi connectivity index (χ1v) is 12.7. The van der Waals surface area contributed by atoms with Crippen LogP contribution in [0, 0.1) is 0 Å². The van der Waals surface area contributed by atoms with E-state index in [0.717, 1.165) is 39.1 Å². The van der Waals surface area contributed by atoms with Crippen LogP contribution in [-0.2, 0) is 6.42 Å². The highest BCUT2D eigenvalue weighted by molar-refractivity contribution is 7.10. The van der Waals surface area contributed by atoms with Crippen molar-refractivity contribution in [2.24, 2.45) is 4.99 Å². The van der Waals surface area contributed by atoms with Gasteiger partial charge in [0, 0.05) is 30.2 Å². The summed E-state index contributed by atoms with van der Waals surface area (Å²) in [6, 6.07) is 20.9. The third-order valence-electron chi connectivity index (χ3n) is 6.39. The van der Waals surface area contributed by atoms with E-state index in [-0.39, 0.29) is 11.6 Å². The van der Waals surface area contributed by atoms with Crippen LogP contribution in [0.4, 0.5) is 5.69 Å². The highest BCUT2D eigenvalue weighted by atomic mass is 32.1. The molecule has 6 rings (SSSR count). The number of aromatic nitrogens is 1. The SMILES string of the molecule is CN(C)c1ccc(/C=c2\sc3n(c2=O)[C@@H](c2cccs2)C2=C(N=3)c3ccccc3CC2)cc1. The van der Waals surface area contributed by atoms with Crippen LogP contribution in [0.5, 0.6) is 0 Å². The summed E-state index contributed by atoms with van der Waals surface area (Å²) in [6.07, 6.45) is 3.90. The molecule has 0 saturated carbocycles. The second kappa shape index (κ2) is 7.97. The van der Waals surface area contributed by atoms with E-state index in [4.69, 9.17) is 4.99 Å². The fraction of sp³-hybridized carbons (Fsp3) is 0.185. The van der Waals surface area contributed by atoms with E-state index in [0.29, 0.717) is 0 Å². The number of rotatable bonds is 3. The molecule has 0 amide bonds. The molecule has 4 nitrogen and oxygen atoms in total. The third kappa shape index (κ3) is 3.41. The molecule has 1 aliphatic heterocycles. The highest BCUT2D eigenvalue weighted by Gasteiger charge is 2.32. The number of hydrogen-bond acceptors (Lipinski definition) is 5. The summed E-state index contributed by atoms with van der Waals surface area (Å²) >= 11 is 3.20. The van der Waals surface area contributed by atoms with Gasteiger partial charge in [-0.1, -0.05) is 53.8 Å². The molecule has 2 aromatic carbocycles. The third-order valence-corrected chi connectivity index (χ3v) is 8.30. The number of fused-ring (bicyclic) bond motifs is 3. The molecule has 0 saturated heterocycles. The van der Waals surface area contributed by atoms with Gasteiger partial charge >= 0.3 is 0 Å². The Bertz CT molecular complexity index is 1550. The van der Waals surface area contributed by atoms with Crippen LogP contribution in [0.2, 0.25) is 0 Å². The molecule has 0 N–H and O–H groups in total.